The van der Waals surface area contributed by atoms with Crippen LogP contribution in [0.5, 0.6) is 11.5 Å². The third kappa shape index (κ3) is 13.8. The monoisotopic (exact) mass is 524 g/mol. The van der Waals surface area contributed by atoms with Gasteiger partial charge in [-0.1, -0.05) is 12.1 Å². The zero-order valence-electron chi connectivity index (χ0n) is 18.5. The van der Waals surface area contributed by atoms with Gasteiger partial charge in [0.05, 0.1) is 25.3 Å². The zero-order chi connectivity index (χ0) is 23.6. The van der Waals surface area contributed by atoms with E-state index in [1.54, 1.807) is 24.3 Å². The number of hydrogen-bond acceptors (Lipinski definition) is 6. The standard InChI is InChI=1S/2C8H8O3.2C5H5.Zr/c2*1-11-8(10)6-3-2-4-7(9)5-6;2*1-2-4-5-3-1;/h2*2-5,9H,1H3;2*1-3H,4H2;/q;;2*-1;+2. The summed E-state index contributed by atoms with van der Waals surface area (Å²) in [4.78, 5) is 21.7. The largest absolute Gasteiger partial charge is 2.00 e. The van der Waals surface area contributed by atoms with Crippen LogP contribution in [0.15, 0.2) is 85.0 Å². The summed E-state index contributed by atoms with van der Waals surface area (Å²) in [6.45, 7) is 0. The Bertz CT molecular complexity index is 877. The quantitative estimate of drug-likeness (QED) is 0.425. The molecule has 0 spiro atoms. The molecule has 170 valence electrons. The van der Waals surface area contributed by atoms with Gasteiger partial charge in [0, 0.05) is 0 Å². The third-order valence-corrected chi connectivity index (χ3v) is 3.71. The molecule has 0 fully saturated rings. The van der Waals surface area contributed by atoms with Crippen LogP contribution >= 0.6 is 0 Å². The molecule has 0 aliphatic heterocycles. The van der Waals surface area contributed by atoms with Crippen molar-refractivity contribution in [2.24, 2.45) is 0 Å². The number of rotatable bonds is 2. The van der Waals surface area contributed by atoms with E-state index in [2.05, 4.69) is 33.8 Å². The molecule has 0 radical (unpaired) electrons. The van der Waals surface area contributed by atoms with Crippen LogP contribution < -0.4 is 0 Å². The second kappa shape index (κ2) is 18.4. The number of carbonyl (C=O) groups is 2. The van der Waals surface area contributed by atoms with Crippen LogP contribution in [0.1, 0.15) is 33.6 Å². The number of benzene rings is 2. The summed E-state index contributed by atoms with van der Waals surface area (Å²) >= 11 is 0. The molecule has 33 heavy (non-hydrogen) atoms. The molecule has 2 N–H and O–H groups in total. The van der Waals surface area contributed by atoms with Gasteiger partial charge in [0.25, 0.3) is 0 Å². The minimum atomic E-state index is -0.444. The molecule has 2 aromatic rings. The fourth-order valence-corrected chi connectivity index (χ4v) is 2.18. The molecule has 0 bridgehead atoms. The maximum absolute atomic E-state index is 10.8. The molecule has 2 aliphatic carbocycles. The molecular weight excluding hydrogens is 500 g/mol. The molecule has 0 aromatic heterocycles. The Morgan fingerprint density at radius 3 is 1.36 bits per heavy atom. The van der Waals surface area contributed by atoms with E-state index < -0.39 is 11.9 Å². The summed E-state index contributed by atoms with van der Waals surface area (Å²) in [6.07, 6.45) is 20.0. The maximum Gasteiger partial charge on any atom is 2.00 e. The van der Waals surface area contributed by atoms with Gasteiger partial charge in [-0.3, -0.25) is 12.2 Å². The van der Waals surface area contributed by atoms with Crippen LogP contribution in [0.25, 0.3) is 0 Å². The summed E-state index contributed by atoms with van der Waals surface area (Å²) in [5.41, 5.74) is 0.708. The van der Waals surface area contributed by atoms with E-state index in [0.29, 0.717) is 11.1 Å². The number of hydrogen-bond donors (Lipinski definition) is 2. The van der Waals surface area contributed by atoms with Gasteiger partial charge < -0.3 is 19.7 Å². The molecule has 7 heteroatoms. The fraction of sp³-hybridized carbons (Fsp3) is 0.154. The topological polar surface area (TPSA) is 93.1 Å². The van der Waals surface area contributed by atoms with Gasteiger partial charge in [-0.2, -0.15) is 12.2 Å². The molecule has 0 heterocycles. The summed E-state index contributed by atoms with van der Waals surface area (Å²) in [5, 5.41) is 17.9. The first-order chi connectivity index (χ1) is 15.5. The summed E-state index contributed by atoms with van der Waals surface area (Å²) in [6, 6.07) is 12.0. The fourth-order valence-electron chi connectivity index (χ4n) is 2.18. The van der Waals surface area contributed by atoms with E-state index in [1.807, 2.05) is 24.3 Å². The molecule has 4 rings (SSSR count). The molecule has 6 nitrogen and oxygen atoms in total. The minimum Gasteiger partial charge on any atom is -0.508 e. The summed E-state index contributed by atoms with van der Waals surface area (Å²) in [7, 11) is 2.60. The minimum absolute atomic E-state index is 0. The molecule has 2 aromatic carbocycles. The first-order valence-corrected chi connectivity index (χ1v) is 9.66. The van der Waals surface area contributed by atoms with Gasteiger partial charge in [-0.15, -0.1) is 12.8 Å². The maximum atomic E-state index is 10.8. The van der Waals surface area contributed by atoms with E-state index >= 15 is 0 Å². The van der Waals surface area contributed by atoms with E-state index in [-0.39, 0.29) is 37.7 Å². The van der Waals surface area contributed by atoms with Crippen molar-refractivity contribution < 1.29 is 55.5 Å². The normalized spacial score (nSPS) is 11.5. The molecule has 0 saturated carbocycles. The van der Waals surface area contributed by atoms with Crippen molar-refractivity contribution in [3.63, 3.8) is 0 Å². The Balaban J connectivity index is 0.000000434. The van der Waals surface area contributed by atoms with Crippen molar-refractivity contribution in [2.75, 3.05) is 14.2 Å². The van der Waals surface area contributed by atoms with Crippen LogP contribution in [0.3, 0.4) is 0 Å². The SMILES string of the molecule is COC(=O)c1cccc(O)c1.COC(=O)c1cccc(O)c1.[C-]1=CC=CC1.[C-]1=CC=CC1.[Zr+2]. The van der Waals surface area contributed by atoms with Gasteiger partial charge in [0.2, 0.25) is 0 Å². The van der Waals surface area contributed by atoms with E-state index in [0.717, 1.165) is 12.8 Å². The van der Waals surface area contributed by atoms with Gasteiger partial charge in [-0.05, 0) is 36.4 Å². The van der Waals surface area contributed by atoms with Crippen LogP contribution in [-0.2, 0) is 35.7 Å². The first-order valence-electron chi connectivity index (χ1n) is 9.66. The van der Waals surface area contributed by atoms with E-state index in [1.165, 1.54) is 38.5 Å². The number of phenols is 2. The number of esters is 2. The smallest absolute Gasteiger partial charge is 0.508 e. The Morgan fingerprint density at radius 2 is 1.15 bits per heavy atom. The molecule has 0 atom stereocenters. The average molecular weight is 526 g/mol. The second-order valence-electron chi connectivity index (χ2n) is 6.09. The summed E-state index contributed by atoms with van der Waals surface area (Å²) < 4.78 is 8.88. The van der Waals surface area contributed by atoms with Gasteiger partial charge >= 0.3 is 38.1 Å². The molecule has 0 unspecified atom stereocenters. The Kier molecular flexibility index (Phi) is 16.6. The number of phenolic OH excluding ortho intramolecular Hbond substituents is 2. The number of allylic oxidation sites excluding steroid dienone is 8. The number of aromatic hydroxyl groups is 2. The van der Waals surface area contributed by atoms with Crippen LogP contribution in [0.2, 0.25) is 0 Å². The van der Waals surface area contributed by atoms with Gasteiger partial charge in [0.1, 0.15) is 11.5 Å². The Hall–Kier alpha value is -3.18. The van der Waals surface area contributed by atoms with Gasteiger partial charge in [-0.25, -0.2) is 33.9 Å². The van der Waals surface area contributed by atoms with Crippen LogP contribution in [-0.4, -0.2) is 36.4 Å². The first kappa shape index (κ1) is 29.8. The number of methoxy groups -OCH3 is 2. The predicted molar refractivity (Wildman–Crippen MR) is 122 cm³/mol. The van der Waals surface area contributed by atoms with Crippen LogP contribution in [0, 0.1) is 12.2 Å². The van der Waals surface area contributed by atoms with Crippen LogP contribution in [0.4, 0.5) is 0 Å². The van der Waals surface area contributed by atoms with Crippen molar-refractivity contribution in [1.82, 2.24) is 0 Å². The molecule has 0 saturated heterocycles. The molecule has 0 amide bonds. The zero-order valence-corrected chi connectivity index (χ0v) is 21.0. The van der Waals surface area contributed by atoms with Gasteiger partial charge in [0.15, 0.2) is 0 Å². The van der Waals surface area contributed by atoms with E-state index in [9.17, 15) is 9.59 Å². The van der Waals surface area contributed by atoms with Crippen molar-refractivity contribution in [2.45, 2.75) is 12.8 Å². The Morgan fingerprint density at radius 1 is 0.758 bits per heavy atom. The predicted octanol–water partition coefficient (Wildman–Crippen LogP) is 4.97. The molecular formula is C26H26O6Zr. The number of ether oxygens (including phenoxy) is 2. The molecule has 2 aliphatic rings. The number of carbonyl (C=O) groups excluding carboxylic acids is 2. The summed E-state index contributed by atoms with van der Waals surface area (Å²) in [5.74, 6) is -0.761. The van der Waals surface area contributed by atoms with Crippen molar-refractivity contribution in [1.29, 1.82) is 0 Å². The van der Waals surface area contributed by atoms with Crippen molar-refractivity contribution in [3.8, 4) is 11.5 Å². The van der Waals surface area contributed by atoms with Crippen molar-refractivity contribution >= 4 is 11.9 Å². The van der Waals surface area contributed by atoms with Crippen molar-refractivity contribution in [3.05, 3.63) is 108 Å². The third-order valence-electron chi connectivity index (χ3n) is 3.71. The van der Waals surface area contributed by atoms with E-state index in [4.69, 9.17) is 10.2 Å². The Labute approximate surface area is 213 Å². The second-order valence-corrected chi connectivity index (χ2v) is 6.09. The average Bonchev–Trinajstić information content (AvgIpc) is 3.58.